The van der Waals surface area contributed by atoms with E-state index >= 15 is 0 Å². The standard InChI is InChI=1S/C10H13N5/c1-2-11-5-9-3-4-12-6-10(9)15-8-13-7-14-15/h3-4,6-8,11H,2,5H2,1H3. The number of hydrogen-bond donors (Lipinski definition) is 1. The molecule has 2 rings (SSSR count). The molecule has 2 aromatic heterocycles. The molecule has 0 saturated carbocycles. The van der Waals surface area contributed by atoms with Crippen LogP contribution in [0.5, 0.6) is 0 Å². The van der Waals surface area contributed by atoms with Crippen molar-refractivity contribution in [1.82, 2.24) is 25.1 Å². The summed E-state index contributed by atoms with van der Waals surface area (Å²) < 4.78 is 1.72. The summed E-state index contributed by atoms with van der Waals surface area (Å²) in [6, 6.07) is 1.99. The molecule has 0 radical (unpaired) electrons. The lowest BCUT2D eigenvalue weighted by molar-refractivity contribution is 0.715. The zero-order valence-electron chi connectivity index (χ0n) is 8.59. The molecule has 2 heterocycles. The molecule has 0 bridgehead atoms. The van der Waals surface area contributed by atoms with E-state index in [-0.39, 0.29) is 0 Å². The average molecular weight is 203 g/mol. The van der Waals surface area contributed by atoms with Crippen molar-refractivity contribution in [3.8, 4) is 5.69 Å². The summed E-state index contributed by atoms with van der Waals surface area (Å²) in [6.07, 6.45) is 6.77. The summed E-state index contributed by atoms with van der Waals surface area (Å²) in [6.45, 7) is 3.84. The van der Waals surface area contributed by atoms with E-state index in [0.717, 1.165) is 24.3 Å². The molecule has 5 nitrogen and oxygen atoms in total. The molecule has 1 N–H and O–H groups in total. The highest BCUT2D eigenvalue weighted by molar-refractivity contribution is 5.36. The van der Waals surface area contributed by atoms with Gasteiger partial charge in [0.05, 0.1) is 11.9 Å². The second-order valence-electron chi connectivity index (χ2n) is 3.12. The highest BCUT2D eigenvalue weighted by Crippen LogP contribution is 2.10. The Kier molecular flexibility index (Phi) is 3.04. The molecule has 78 valence electrons. The zero-order valence-corrected chi connectivity index (χ0v) is 8.59. The Morgan fingerprint density at radius 2 is 2.33 bits per heavy atom. The van der Waals surface area contributed by atoms with Crippen LogP contribution in [0, 0.1) is 0 Å². The molecule has 15 heavy (non-hydrogen) atoms. The maximum absolute atomic E-state index is 4.09. The molecule has 0 unspecified atom stereocenters. The van der Waals surface area contributed by atoms with Crippen LogP contribution >= 0.6 is 0 Å². The Morgan fingerprint density at radius 1 is 1.40 bits per heavy atom. The van der Waals surface area contributed by atoms with Crippen molar-refractivity contribution >= 4 is 0 Å². The van der Waals surface area contributed by atoms with Crippen LogP contribution < -0.4 is 5.32 Å². The Labute approximate surface area is 88.2 Å². The number of hydrogen-bond acceptors (Lipinski definition) is 4. The first-order valence-corrected chi connectivity index (χ1v) is 4.90. The minimum absolute atomic E-state index is 0.814. The van der Waals surface area contributed by atoms with Gasteiger partial charge in [0.15, 0.2) is 0 Å². The predicted octanol–water partition coefficient (Wildman–Crippen LogP) is 0.772. The van der Waals surface area contributed by atoms with Crippen LogP contribution in [0.25, 0.3) is 5.69 Å². The molecule has 0 fully saturated rings. The van der Waals surface area contributed by atoms with Gasteiger partial charge in [0.2, 0.25) is 0 Å². The molecule has 0 aliphatic rings. The van der Waals surface area contributed by atoms with Crippen molar-refractivity contribution in [2.24, 2.45) is 0 Å². The van der Waals surface area contributed by atoms with E-state index in [2.05, 4.69) is 27.3 Å². The van der Waals surface area contributed by atoms with Crippen LogP contribution in [0.15, 0.2) is 31.1 Å². The van der Waals surface area contributed by atoms with Gasteiger partial charge in [0.1, 0.15) is 12.7 Å². The second-order valence-corrected chi connectivity index (χ2v) is 3.12. The average Bonchev–Trinajstić information content (AvgIpc) is 2.80. The van der Waals surface area contributed by atoms with Crippen molar-refractivity contribution in [2.75, 3.05) is 6.54 Å². The van der Waals surface area contributed by atoms with Crippen molar-refractivity contribution < 1.29 is 0 Å². The van der Waals surface area contributed by atoms with Gasteiger partial charge in [-0.05, 0) is 18.2 Å². The normalized spacial score (nSPS) is 10.5. The number of rotatable bonds is 4. The Bertz CT molecular complexity index is 410. The van der Waals surface area contributed by atoms with Gasteiger partial charge in [-0.1, -0.05) is 6.92 Å². The van der Waals surface area contributed by atoms with Crippen LogP contribution in [-0.4, -0.2) is 26.3 Å². The molecule has 0 aromatic carbocycles. The van der Waals surface area contributed by atoms with Crippen LogP contribution in [-0.2, 0) is 6.54 Å². The second kappa shape index (κ2) is 4.65. The monoisotopic (exact) mass is 203 g/mol. The zero-order chi connectivity index (χ0) is 10.5. The minimum Gasteiger partial charge on any atom is -0.313 e. The molecular formula is C10H13N5. The molecule has 0 aliphatic heterocycles. The van der Waals surface area contributed by atoms with Crippen LogP contribution in [0.1, 0.15) is 12.5 Å². The maximum atomic E-state index is 4.09. The molecule has 2 aromatic rings. The number of nitrogens with zero attached hydrogens (tertiary/aromatic N) is 4. The smallest absolute Gasteiger partial charge is 0.138 e. The molecular weight excluding hydrogens is 190 g/mol. The Hall–Kier alpha value is -1.75. The minimum atomic E-state index is 0.814. The van der Waals surface area contributed by atoms with E-state index in [1.807, 2.05) is 6.07 Å². The quantitative estimate of drug-likeness (QED) is 0.797. The van der Waals surface area contributed by atoms with Crippen LogP contribution in [0.3, 0.4) is 0 Å². The molecule has 0 atom stereocenters. The van der Waals surface area contributed by atoms with Gasteiger partial charge in [0.25, 0.3) is 0 Å². The fourth-order valence-electron chi connectivity index (χ4n) is 1.36. The molecule has 0 amide bonds. The van der Waals surface area contributed by atoms with Crippen LogP contribution in [0.4, 0.5) is 0 Å². The fraction of sp³-hybridized carbons (Fsp3) is 0.300. The van der Waals surface area contributed by atoms with Crippen molar-refractivity contribution in [3.63, 3.8) is 0 Å². The number of nitrogens with one attached hydrogen (secondary N) is 1. The summed E-state index contributed by atoms with van der Waals surface area (Å²) in [5, 5.41) is 7.37. The van der Waals surface area contributed by atoms with Gasteiger partial charge in [-0.15, -0.1) is 0 Å². The Balaban J connectivity index is 2.30. The lowest BCUT2D eigenvalue weighted by Gasteiger charge is -2.08. The topological polar surface area (TPSA) is 55.6 Å². The van der Waals surface area contributed by atoms with E-state index in [9.17, 15) is 0 Å². The summed E-state index contributed by atoms with van der Waals surface area (Å²) in [4.78, 5) is 8.02. The number of pyridine rings is 1. The highest BCUT2D eigenvalue weighted by atomic mass is 15.3. The first-order valence-electron chi connectivity index (χ1n) is 4.90. The first kappa shape index (κ1) is 9.79. The van der Waals surface area contributed by atoms with Gasteiger partial charge < -0.3 is 5.32 Å². The van der Waals surface area contributed by atoms with Crippen LogP contribution in [0.2, 0.25) is 0 Å². The van der Waals surface area contributed by atoms with E-state index in [1.54, 1.807) is 23.4 Å². The summed E-state index contributed by atoms with van der Waals surface area (Å²) in [5.74, 6) is 0. The molecule has 0 spiro atoms. The lowest BCUT2D eigenvalue weighted by atomic mass is 10.2. The van der Waals surface area contributed by atoms with E-state index in [0.29, 0.717) is 0 Å². The summed E-state index contributed by atoms with van der Waals surface area (Å²) in [7, 11) is 0. The molecule has 0 aliphatic carbocycles. The van der Waals surface area contributed by atoms with Gasteiger partial charge in [-0.2, -0.15) is 5.10 Å². The predicted molar refractivity (Wildman–Crippen MR) is 56.5 cm³/mol. The van der Waals surface area contributed by atoms with E-state index in [1.165, 1.54) is 6.33 Å². The molecule has 5 heteroatoms. The van der Waals surface area contributed by atoms with Gasteiger partial charge in [0, 0.05) is 12.7 Å². The van der Waals surface area contributed by atoms with Crippen molar-refractivity contribution in [2.45, 2.75) is 13.5 Å². The van der Waals surface area contributed by atoms with Crippen molar-refractivity contribution in [3.05, 3.63) is 36.7 Å². The van der Waals surface area contributed by atoms with E-state index in [4.69, 9.17) is 0 Å². The third-order valence-corrected chi connectivity index (χ3v) is 2.12. The fourth-order valence-corrected chi connectivity index (χ4v) is 1.36. The van der Waals surface area contributed by atoms with E-state index < -0.39 is 0 Å². The largest absolute Gasteiger partial charge is 0.313 e. The SMILES string of the molecule is CCNCc1ccncc1-n1cncn1. The highest BCUT2D eigenvalue weighted by Gasteiger charge is 2.03. The third-order valence-electron chi connectivity index (χ3n) is 2.12. The van der Waals surface area contributed by atoms with Gasteiger partial charge >= 0.3 is 0 Å². The summed E-state index contributed by atoms with van der Waals surface area (Å²) in [5.41, 5.74) is 2.13. The summed E-state index contributed by atoms with van der Waals surface area (Å²) >= 11 is 0. The number of aromatic nitrogens is 4. The first-order chi connectivity index (χ1) is 7.42. The third kappa shape index (κ3) is 2.19. The lowest BCUT2D eigenvalue weighted by Crippen LogP contribution is -2.14. The van der Waals surface area contributed by atoms with Gasteiger partial charge in [-0.25, -0.2) is 9.67 Å². The molecule has 0 saturated heterocycles. The maximum Gasteiger partial charge on any atom is 0.138 e. The Morgan fingerprint density at radius 3 is 3.07 bits per heavy atom. The van der Waals surface area contributed by atoms with Crippen molar-refractivity contribution in [1.29, 1.82) is 0 Å². The van der Waals surface area contributed by atoms with Gasteiger partial charge in [-0.3, -0.25) is 4.98 Å².